The maximum absolute atomic E-state index is 5.33. The highest BCUT2D eigenvalue weighted by Gasteiger charge is 2.18. The van der Waals surface area contributed by atoms with Crippen molar-refractivity contribution in [3.63, 3.8) is 0 Å². The molecule has 56 heavy (non-hydrogen) atoms. The van der Waals surface area contributed by atoms with E-state index in [0.717, 1.165) is 50.5 Å². The smallest absolute Gasteiger partial charge is 0.160 e. The number of hydrogen-bond acceptors (Lipinski definition) is 6. The molecule has 0 saturated carbocycles. The Morgan fingerprint density at radius 1 is 0.357 bits per heavy atom. The van der Waals surface area contributed by atoms with Gasteiger partial charge >= 0.3 is 0 Å². The quantitative estimate of drug-likeness (QED) is 0.170. The predicted octanol–water partition coefficient (Wildman–Crippen LogP) is 14.0. The Hall–Kier alpha value is -6.86. The number of benzene rings is 7. The van der Waals surface area contributed by atoms with Gasteiger partial charge in [-0.25, -0.2) is 19.9 Å². The summed E-state index contributed by atoms with van der Waals surface area (Å²) in [6.45, 7) is 0. The molecule has 0 bridgehead atoms. The Morgan fingerprint density at radius 3 is 1.48 bits per heavy atom. The van der Waals surface area contributed by atoms with E-state index in [1.165, 1.54) is 51.5 Å². The Balaban J connectivity index is 1.15. The molecule has 0 radical (unpaired) electrons. The van der Waals surface area contributed by atoms with Crippen LogP contribution in [-0.4, -0.2) is 19.9 Å². The van der Waals surface area contributed by atoms with Crippen LogP contribution in [0.2, 0.25) is 0 Å². The molecule has 0 saturated heterocycles. The van der Waals surface area contributed by atoms with Crippen molar-refractivity contribution < 1.29 is 0 Å². The molecular formula is C50H30N4S2. The predicted molar refractivity (Wildman–Crippen MR) is 236 cm³/mol. The zero-order chi connectivity index (χ0) is 37.0. The van der Waals surface area contributed by atoms with Crippen LogP contribution in [0, 0.1) is 0 Å². The lowest BCUT2D eigenvalue weighted by Gasteiger charge is -2.14. The number of hydrogen-bond donors (Lipinski definition) is 0. The molecule has 4 aromatic heterocycles. The number of nitrogens with zero attached hydrogens (tertiary/aromatic N) is 4. The molecule has 11 aromatic rings. The van der Waals surface area contributed by atoms with Crippen molar-refractivity contribution in [1.82, 2.24) is 19.9 Å². The van der Waals surface area contributed by atoms with Crippen LogP contribution in [0.5, 0.6) is 0 Å². The molecule has 0 aliphatic rings. The fraction of sp³-hybridized carbons (Fsp3) is 0. The third-order valence-electron chi connectivity index (χ3n) is 10.5. The third-order valence-corrected chi connectivity index (χ3v) is 12.9. The minimum atomic E-state index is 0.667. The lowest BCUT2D eigenvalue weighted by Crippen LogP contribution is -1.97. The van der Waals surface area contributed by atoms with Crippen molar-refractivity contribution in [2.45, 2.75) is 0 Å². The number of rotatable bonds is 6. The average Bonchev–Trinajstić information content (AvgIpc) is 3.86. The maximum Gasteiger partial charge on any atom is 0.160 e. The molecule has 11 rings (SSSR count). The van der Waals surface area contributed by atoms with E-state index in [9.17, 15) is 0 Å². The van der Waals surface area contributed by atoms with Crippen molar-refractivity contribution in [3.8, 4) is 67.4 Å². The van der Waals surface area contributed by atoms with E-state index in [0.29, 0.717) is 5.82 Å². The third kappa shape index (κ3) is 5.66. The van der Waals surface area contributed by atoms with Crippen molar-refractivity contribution in [3.05, 3.63) is 182 Å². The van der Waals surface area contributed by atoms with Crippen molar-refractivity contribution >= 4 is 63.0 Å². The standard InChI is InChI=1S/C50H30N4S2/c1-2-10-31(11-3-1)44-29-45(54-50(53-44)33-22-20-32(21-23-33)43-24-25-51-30-52-43)36-27-34(37-14-8-16-41-39-12-4-6-18-46(39)55-48(37)41)26-35(28-36)38-15-9-17-42-40-13-5-7-19-47(40)56-49(38)42/h1-30H. The molecule has 0 aliphatic heterocycles. The summed E-state index contributed by atoms with van der Waals surface area (Å²) in [5.41, 5.74) is 11.4. The van der Waals surface area contributed by atoms with E-state index in [2.05, 4.69) is 168 Å². The van der Waals surface area contributed by atoms with E-state index in [-0.39, 0.29) is 0 Å². The topological polar surface area (TPSA) is 51.6 Å². The van der Waals surface area contributed by atoms with Gasteiger partial charge in [-0.2, -0.15) is 0 Å². The van der Waals surface area contributed by atoms with Crippen LogP contribution in [-0.2, 0) is 0 Å². The van der Waals surface area contributed by atoms with Crippen molar-refractivity contribution in [1.29, 1.82) is 0 Å². The van der Waals surface area contributed by atoms with Gasteiger partial charge < -0.3 is 0 Å². The maximum atomic E-state index is 5.33. The van der Waals surface area contributed by atoms with Gasteiger partial charge in [0.2, 0.25) is 0 Å². The number of fused-ring (bicyclic) bond motifs is 6. The monoisotopic (exact) mass is 750 g/mol. The van der Waals surface area contributed by atoms with E-state index in [4.69, 9.17) is 9.97 Å². The van der Waals surface area contributed by atoms with E-state index >= 15 is 0 Å². The van der Waals surface area contributed by atoms with Crippen LogP contribution in [0.3, 0.4) is 0 Å². The molecule has 0 atom stereocenters. The van der Waals surface area contributed by atoms with E-state index < -0.39 is 0 Å². The molecule has 0 spiro atoms. The lowest BCUT2D eigenvalue weighted by atomic mass is 9.93. The Bertz CT molecular complexity index is 3110. The van der Waals surface area contributed by atoms with Gasteiger partial charge in [0.1, 0.15) is 6.33 Å². The van der Waals surface area contributed by atoms with Crippen LogP contribution in [0.25, 0.3) is 108 Å². The molecule has 0 fully saturated rings. The lowest BCUT2D eigenvalue weighted by molar-refractivity contribution is 1.17. The van der Waals surface area contributed by atoms with Crippen LogP contribution in [0.15, 0.2) is 182 Å². The SMILES string of the molecule is c1ccc(-c2cc(-c3cc(-c4cccc5c4sc4ccccc45)cc(-c4cccc5c4sc4ccccc45)c3)nc(-c3ccc(-c4ccncn4)cc3)n2)cc1. The number of aromatic nitrogens is 4. The Morgan fingerprint density at radius 2 is 0.875 bits per heavy atom. The molecule has 0 aliphatic carbocycles. The van der Waals surface area contributed by atoms with Crippen molar-refractivity contribution in [2.75, 3.05) is 0 Å². The minimum Gasteiger partial charge on any atom is -0.245 e. The first-order valence-electron chi connectivity index (χ1n) is 18.5. The van der Waals surface area contributed by atoms with Crippen LogP contribution in [0.4, 0.5) is 0 Å². The Kier molecular flexibility index (Phi) is 7.83. The summed E-state index contributed by atoms with van der Waals surface area (Å²) in [6.07, 6.45) is 3.34. The Labute approximate surface area is 331 Å². The fourth-order valence-electron chi connectivity index (χ4n) is 7.77. The van der Waals surface area contributed by atoms with Crippen LogP contribution >= 0.6 is 22.7 Å². The first-order valence-corrected chi connectivity index (χ1v) is 20.1. The van der Waals surface area contributed by atoms with Gasteiger partial charge in [-0.15, -0.1) is 22.7 Å². The molecule has 6 heteroatoms. The largest absolute Gasteiger partial charge is 0.245 e. The van der Waals surface area contributed by atoms with E-state index in [1.54, 1.807) is 12.5 Å². The second-order valence-corrected chi connectivity index (χ2v) is 16.0. The molecule has 0 N–H and O–H groups in total. The molecule has 0 unspecified atom stereocenters. The van der Waals surface area contributed by atoms with E-state index in [1.807, 2.05) is 34.8 Å². The molecular weight excluding hydrogens is 721 g/mol. The average molecular weight is 751 g/mol. The summed E-state index contributed by atoms with van der Waals surface area (Å²) in [7, 11) is 0. The van der Waals surface area contributed by atoms with Gasteiger partial charge in [0.25, 0.3) is 0 Å². The second-order valence-electron chi connectivity index (χ2n) is 13.9. The fourth-order valence-corrected chi connectivity index (χ4v) is 10.2. The molecule has 4 heterocycles. The summed E-state index contributed by atoms with van der Waals surface area (Å²) < 4.78 is 5.16. The molecule has 0 amide bonds. The first-order chi connectivity index (χ1) is 27.7. The highest BCUT2D eigenvalue weighted by atomic mass is 32.1. The zero-order valence-electron chi connectivity index (χ0n) is 29.9. The van der Waals surface area contributed by atoms with Gasteiger partial charge in [-0.1, -0.05) is 127 Å². The van der Waals surface area contributed by atoms with Gasteiger partial charge in [0.15, 0.2) is 5.82 Å². The van der Waals surface area contributed by atoms with Gasteiger partial charge in [-0.3, -0.25) is 0 Å². The summed E-state index contributed by atoms with van der Waals surface area (Å²) in [5, 5.41) is 5.14. The highest BCUT2D eigenvalue weighted by Crippen LogP contribution is 2.45. The molecule has 262 valence electrons. The normalized spacial score (nSPS) is 11.6. The van der Waals surface area contributed by atoms with Gasteiger partial charge in [0.05, 0.1) is 17.1 Å². The molecule has 4 nitrogen and oxygen atoms in total. The molecule has 7 aromatic carbocycles. The summed E-state index contributed by atoms with van der Waals surface area (Å²) in [6, 6.07) is 60.6. The zero-order valence-corrected chi connectivity index (χ0v) is 31.6. The van der Waals surface area contributed by atoms with Crippen molar-refractivity contribution in [2.24, 2.45) is 0 Å². The number of thiophene rings is 2. The minimum absolute atomic E-state index is 0.667. The van der Waals surface area contributed by atoms with Gasteiger partial charge in [-0.05, 0) is 64.7 Å². The summed E-state index contributed by atoms with van der Waals surface area (Å²) in [5.74, 6) is 0.667. The summed E-state index contributed by atoms with van der Waals surface area (Å²) in [4.78, 5) is 19.0. The van der Waals surface area contributed by atoms with Crippen LogP contribution < -0.4 is 0 Å². The second kappa shape index (κ2) is 13.5. The first kappa shape index (κ1) is 32.6. The highest BCUT2D eigenvalue weighted by molar-refractivity contribution is 7.26. The summed E-state index contributed by atoms with van der Waals surface area (Å²) >= 11 is 3.72. The van der Waals surface area contributed by atoms with Crippen LogP contribution in [0.1, 0.15) is 0 Å². The van der Waals surface area contributed by atoms with Gasteiger partial charge in [0, 0.05) is 68.8 Å².